The van der Waals surface area contributed by atoms with Gasteiger partial charge in [-0.15, -0.1) is 0 Å². The van der Waals surface area contributed by atoms with E-state index in [1.54, 1.807) is 7.11 Å². The molecular weight excluding hydrogens is 264 g/mol. The van der Waals surface area contributed by atoms with Gasteiger partial charge in [-0.3, -0.25) is 0 Å². The number of hydrogen-bond acceptors (Lipinski definition) is 5. The Hall–Kier alpha value is -1.36. The first-order valence-electron chi connectivity index (χ1n) is 8.09. The molecule has 5 heteroatoms. The zero-order valence-electron chi connectivity index (χ0n) is 13.6. The van der Waals surface area contributed by atoms with E-state index in [2.05, 4.69) is 28.2 Å². The van der Waals surface area contributed by atoms with Crippen molar-refractivity contribution in [2.45, 2.75) is 52.0 Å². The number of nitrogens with zero attached hydrogens (tertiary/aromatic N) is 3. The van der Waals surface area contributed by atoms with Gasteiger partial charge in [0.05, 0.1) is 0 Å². The second-order valence-corrected chi connectivity index (χ2v) is 5.72. The molecule has 1 atom stereocenters. The minimum absolute atomic E-state index is 0.620. The molecule has 1 aliphatic heterocycles. The van der Waals surface area contributed by atoms with E-state index in [9.17, 15) is 0 Å². The predicted molar refractivity (Wildman–Crippen MR) is 87.0 cm³/mol. The molecule has 0 radical (unpaired) electrons. The van der Waals surface area contributed by atoms with Gasteiger partial charge < -0.3 is 15.0 Å². The Morgan fingerprint density at radius 1 is 1.38 bits per heavy atom. The fraction of sp³-hybridized carbons (Fsp3) is 0.750. The minimum atomic E-state index is 0.620. The first kappa shape index (κ1) is 16.0. The first-order chi connectivity index (χ1) is 10.2. The van der Waals surface area contributed by atoms with Crippen molar-refractivity contribution >= 4 is 11.8 Å². The monoisotopic (exact) mass is 292 g/mol. The number of anilines is 2. The van der Waals surface area contributed by atoms with Gasteiger partial charge in [0.15, 0.2) is 0 Å². The lowest BCUT2D eigenvalue weighted by atomic mass is 10.00. The van der Waals surface area contributed by atoms with E-state index < -0.39 is 0 Å². The van der Waals surface area contributed by atoms with Crippen LogP contribution < -0.4 is 10.2 Å². The van der Waals surface area contributed by atoms with E-state index >= 15 is 0 Å². The van der Waals surface area contributed by atoms with E-state index in [0.29, 0.717) is 6.04 Å². The van der Waals surface area contributed by atoms with Crippen molar-refractivity contribution in [3.63, 3.8) is 0 Å². The zero-order valence-corrected chi connectivity index (χ0v) is 13.6. The summed E-state index contributed by atoms with van der Waals surface area (Å²) in [7, 11) is 1.72. The van der Waals surface area contributed by atoms with Crippen molar-refractivity contribution in [1.29, 1.82) is 0 Å². The Bertz CT molecular complexity index is 438. The maximum Gasteiger partial charge on any atom is 0.224 e. The fourth-order valence-corrected chi connectivity index (χ4v) is 2.92. The molecule has 1 aliphatic rings. The number of methoxy groups -OCH3 is 1. The van der Waals surface area contributed by atoms with Gasteiger partial charge in [-0.25, -0.2) is 4.98 Å². The van der Waals surface area contributed by atoms with E-state index in [4.69, 9.17) is 9.72 Å². The molecule has 0 aromatic carbocycles. The molecule has 0 amide bonds. The van der Waals surface area contributed by atoms with Gasteiger partial charge in [-0.1, -0.05) is 6.92 Å². The van der Waals surface area contributed by atoms with E-state index in [1.807, 2.05) is 6.92 Å². The molecule has 118 valence electrons. The van der Waals surface area contributed by atoms with Gasteiger partial charge in [0.25, 0.3) is 0 Å². The summed E-state index contributed by atoms with van der Waals surface area (Å²) in [4.78, 5) is 11.7. The van der Waals surface area contributed by atoms with Gasteiger partial charge >= 0.3 is 0 Å². The second kappa shape index (κ2) is 8.17. The molecule has 1 aromatic rings. The highest BCUT2D eigenvalue weighted by Crippen LogP contribution is 2.26. The number of aryl methyl sites for hydroxylation is 1. The fourth-order valence-electron chi connectivity index (χ4n) is 2.92. The van der Waals surface area contributed by atoms with Crippen LogP contribution in [0, 0.1) is 6.92 Å². The second-order valence-electron chi connectivity index (χ2n) is 5.72. The topological polar surface area (TPSA) is 50.3 Å². The highest BCUT2D eigenvalue weighted by molar-refractivity contribution is 5.46. The van der Waals surface area contributed by atoms with E-state index in [-0.39, 0.29) is 0 Å². The lowest BCUT2D eigenvalue weighted by molar-refractivity contribution is 0.197. The Morgan fingerprint density at radius 3 is 3.00 bits per heavy atom. The number of nitrogens with one attached hydrogen (secondary N) is 1. The number of piperidine rings is 1. The summed E-state index contributed by atoms with van der Waals surface area (Å²) in [5, 5.41) is 3.30. The van der Waals surface area contributed by atoms with Crippen LogP contribution in [0.1, 0.15) is 44.7 Å². The lowest BCUT2D eigenvalue weighted by Crippen LogP contribution is -2.39. The molecule has 0 aliphatic carbocycles. The van der Waals surface area contributed by atoms with Crippen molar-refractivity contribution in [3.8, 4) is 0 Å². The molecule has 1 aromatic heterocycles. The summed E-state index contributed by atoms with van der Waals surface area (Å²) in [6, 6.07) is 2.73. The van der Waals surface area contributed by atoms with Gasteiger partial charge in [0.2, 0.25) is 5.95 Å². The van der Waals surface area contributed by atoms with Crippen LogP contribution in [-0.4, -0.2) is 42.8 Å². The average molecular weight is 292 g/mol. The summed E-state index contributed by atoms with van der Waals surface area (Å²) < 4.78 is 5.06. The van der Waals surface area contributed by atoms with Gasteiger partial charge in [-0.05, 0) is 39.0 Å². The van der Waals surface area contributed by atoms with Crippen LogP contribution in [-0.2, 0) is 4.74 Å². The van der Waals surface area contributed by atoms with Crippen molar-refractivity contribution in [3.05, 3.63) is 11.8 Å². The zero-order chi connectivity index (χ0) is 15.1. The first-order valence-corrected chi connectivity index (χ1v) is 8.09. The van der Waals surface area contributed by atoms with E-state index in [0.717, 1.165) is 43.6 Å². The molecule has 5 nitrogen and oxygen atoms in total. The largest absolute Gasteiger partial charge is 0.385 e. The predicted octanol–water partition coefficient (Wildman–Crippen LogP) is 3.00. The van der Waals surface area contributed by atoms with Gasteiger partial charge in [0, 0.05) is 44.6 Å². The molecule has 1 fully saturated rings. The third kappa shape index (κ3) is 4.56. The minimum Gasteiger partial charge on any atom is -0.385 e. The average Bonchev–Trinajstić information content (AvgIpc) is 2.51. The van der Waals surface area contributed by atoms with Crippen LogP contribution in [0.25, 0.3) is 0 Å². The third-order valence-electron chi connectivity index (χ3n) is 4.04. The van der Waals surface area contributed by atoms with Crippen molar-refractivity contribution < 1.29 is 4.74 Å². The van der Waals surface area contributed by atoms with Crippen LogP contribution >= 0.6 is 0 Å². The molecule has 0 saturated carbocycles. The van der Waals surface area contributed by atoms with Crippen LogP contribution in [0.3, 0.4) is 0 Å². The SMILES string of the molecule is CCC1CCCCN1c1cc(C)nc(NCCCOC)n1. The van der Waals surface area contributed by atoms with Gasteiger partial charge in [0.1, 0.15) is 5.82 Å². The Morgan fingerprint density at radius 2 is 2.24 bits per heavy atom. The smallest absolute Gasteiger partial charge is 0.224 e. The maximum atomic E-state index is 5.06. The molecule has 2 heterocycles. The molecule has 0 bridgehead atoms. The Kier molecular flexibility index (Phi) is 6.23. The van der Waals surface area contributed by atoms with Crippen molar-refractivity contribution in [2.75, 3.05) is 37.0 Å². The van der Waals surface area contributed by atoms with Crippen LogP contribution in [0.5, 0.6) is 0 Å². The van der Waals surface area contributed by atoms with Gasteiger partial charge in [-0.2, -0.15) is 4.98 Å². The standard InChI is InChI=1S/C16H28N4O/c1-4-14-8-5-6-10-20(14)15-12-13(2)18-16(19-15)17-9-7-11-21-3/h12,14H,4-11H2,1-3H3,(H,17,18,19). The summed E-state index contributed by atoms with van der Waals surface area (Å²) in [5.41, 5.74) is 1.02. The third-order valence-corrected chi connectivity index (χ3v) is 4.04. The Labute approximate surface area is 128 Å². The molecule has 21 heavy (non-hydrogen) atoms. The molecule has 1 N–H and O–H groups in total. The summed E-state index contributed by atoms with van der Waals surface area (Å²) in [6.07, 6.45) is 6.01. The normalized spacial score (nSPS) is 18.8. The van der Waals surface area contributed by atoms with Crippen LogP contribution in [0.2, 0.25) is 0 Å². The summed E-state index contributed by atoms with van der Waals surface area (Å²) >= 11 is 0. The molecule has 0 spiro atoms. The van der Waals surface area contributed by atoms with Crippen LogP contribution in [0.4, 0.5) is 11.8 Å². The summed E-state index contributed by atoms with van der Waals surface area (Å²) in [6.45, 7) is 7.01. The van der Waals surface area contributed by atoms with Crippen molar-refractivity contribution in [1.82, 2.24) is 9.97 Å². The lowest BCUT2D eigenvalue weighted by Gasteiger charge is -2.36. The number of rotatable bonds is 7. The highest BCUT2D eigenvalue weighted by Gasteiger charge is 2.22. The molecule has 2 rings (SSSR count). The quantitative estimate of drug-likeness (QED) is 0.783. The van der Waals surface area contributed by atoms with E-state index in [1.165, 1.54) is 25.7 Å². The maximum absolute atomic E-state index is 5.06. The molecular formula is C16H28N4O. The molecule has 1 saturated heterocycles. The van der Waals surface area contributed by atoms with Crippen molar-refractivity contribution in [2.24, 2.45) is 0 Å². The number of ether oxygens (including phenoxy) is 1. The highest BCUT2D eigenvalue weighted by atomic mass is 16.5. The van der Waals surface area contributed by atoms with Crippen LogP contribution in [0.15, 0.2) is 6.07 Å². The number of aromatic nitrogens is 2. The molecule has 1 unspecified atom stereocenters. The number of hydrogen-bond donors (Lipinski definition) is 1. The Balaban J connectivity index is 2.06. The summed E-state index contributed by atoms with van der Waals surface area (Å²) in [5.74, 6) is 1.81.